The molecule has 1 unspecified atom stereocenters. The van der Waals surface area contributed by atoms with Crippen LogP contribution in [0.25, 0.3) is 0 Å². The van der Waals surface area contributed by atoms with Crippen LogP contribution in [-0.2, 0) is 35.0 Å². The largest absolute Gasteiger partial charge is 0.497 e. The number of methoxy groups -OCH3 is 1. The summed E-state index contributed by atoms with van der Waals surface area (Å²) in [7, 11) is 1.63. The smallest absolute Gasteiger partial charge is 0.339 e. The molecule has 0 bridgehead atoms. The Morgan fingerprint density at radius 1 is 1.08 bits per heavy atom. The van der Waals surface area contributed by atoms with Crippen molar-refractivity contribution >= 4 is 11.9 Å². The number of nitrogens with zero attached hydrogens (tertiary/aromatic N) is 1. The molecule has 0 amide bonds. The summed E-state index contributed by atoms with van der Waals surface area (Å²) in [5.74, 6) is 0.899. The van der Waals surface area contributed by atoms with Crippen LogP contribution in [0, 0.1) is 0 Å². The van der Waals surface area contributed by atoms with Crippen molar-refractivity contribution in [1.29, 1.82) is 0 Å². The number of hydrogen-bond donors (Lipinski definition) is 0. The van der Waals surface area contributed by atoms with Crippen LogP contribution in [0.3, 0.4) is 0 Å². The van der Waals surface area contributed by atoms with E-state index in [0.29, 0.717) is 17.9 Å². The lowest BCUT2D eigenvalue weighted by Gasteiger charge is -2.44. The number of rotatable bonds is 6. The van der Waals surface area contributed by atoms with Gasteiger partial charge in [-0.15, -0.1) is 0 Å². The number of benzene rings is 1. The zero-order valence-electron chi connectivity index (χ0n) is 23.4. The van der Waals surface area contributed by atoms with Crippen LogP contribution in [-0.4, -0.2) is 73.3 Å². The van der Waals surface area contributed by atoms with E-state index in [2.05, 4.69) is 23.1 Å². The van der Waals surface area contributed by atoms with Gasteiger partial charge in [0.05, 0.1) is 37.2 Å². The molecule has 1 aliphatic carbocycles. The predicted molar refractivity (Wildman–Crippen MR) is 141 cm³/mol. The van der Waals surface area contributed by atoms with E-state index in [0.717, 1.165) is 56.5 Å². The van der Waals surface area contributed by atoms with Gasteiger partial charge >= 0.3 is 11.9 Å². The fraction of sp³-hybridized carbons (Fsp3) is 0.667. The highest BCUT2D eigenvalue weighted by atomic mass is 16.7. The minimum absolute atomic E-state index is 0.181. The highest BCUT2D eigenvalue weighted by Crippen LogP contribution is 2.56. The Morgan fingerprint density at radius 3 is 2.62 bits per heavy atom. The van der Waals surface area contributed by atoms with Gasteiger partial charge in [-0.05, 0) is 95.2 Å². The van der Waals surface area contributed by atoms with Crippen LogP contribution in [0.5, 0.6) is 11.5 Å². The second kappa shape index (κ2) is 9.70. The fourth-order valence-corrected chi connectivity index (χ4v) is 7.53. The van der Waals surface area contributed by atoms with Crippen molar-refractivity contribution in [2.24, 2.45) is 0 Å². The Morgan fingerprint density at radius 2 is 1.87 bits per heavy atom. The molecule has 0 radical (unpaired) electrons. The quantitative estimate of drug-likeness (QED) is 0.495. The summed E-state index contributed by atoms with van der Waals surface area (Å²) in [6.07, 6.45) is 6.09. The molecular formula is C30H39NO8. The Hall–Kier alpha value is -2.78. The summed E-state index contributed by atoms with van der Waals surface area (Å²) in [4.78, 5) is 29.4. The summed E-state index contributed by atoms with van der Waals surface area (Å²) >= 11 is 0. The number of carbonyl (C=O) groups excluding carboxylic acids is 2. The molecule has 39 heavy (non-hydrogen) atoms. The van der Waals surface area contributed by atoms with Gasteiger partial charge < -0.3 is 28.4 Å². The maximum Gasteiger partial charge on any atom is 0.339 e. The van der Waals surface area contributed by atoms with Crippen molar-refractivity contribution < 1.29 is 38.0 Å². The third-order valence-corrected chi connectivity index (χ3v) is 9.14. The van der Waals surface area contributed by atoms with Crippen molar-refractivity contribution in [1.82, 2.24) is 4.90 Å². The number of hydrogen-bond acceptors (Lipinski definition) is 9. The second-order valence-electron chi connectivity index (χ2n) is 12.0. The van der Waals surface area contributed by atoms with E-state index in [9.17, 15) is 9.59 Å². The number of fused-ring (bicyclic) bond motifs is 3. The molecule has 0 saturated carbocycles. The van der Waals surface area contributed by atoms with Gasteiger partial charge in [0.1, 0.15) is 5.76 Å². The number of ether oxygens (including phenoxy) is 6. The molecule has 4 atom stereocenters. The van der Waals surface area contributed by atoms with E-state index in [1.54, 1.807) is 14.0 Å². The maximum atomic E-state index is 14.2. The Labute approximate surface area is 229 Å². The van der Waals surface area contributed by atoms with Gasteiger partial charge in [0, 0.05) is 6.54 Å². The molecule has 6 rings (SSSR count). The molecule has 9 nitrogen and oxygen atoms in total. The minimum Gasteiger partial charge on any atom is -0.497 e. The van der Waals surface area contributed by atoms with Gasteiger partial charge in [-0.3, -0.25) is 9.69 Å². The first kappa shape index (κ1) is 26.4. The van der Waals surface area contributed by atoms with Crippen LogP contribution in [0.4, 0.5) is 0 Å². The zero-order chi connectivity index (χ0) is 27.4. The lowest BCUT2D eigenvalue weighted by Crippen LogP contribution is -2.54. The molecule has 2 saturated heterocycles. The molecule has 212 valence electrons. The number of esters is 2. The lowest BCUT2D eigenvalue weighted by molar-refractivity contribution is -0.216. The summed E-state index contributed by atoms with van der Waals surface area (Å²) in [6, 6.07) is 4.14. The van der Waals surface area contributed by atoms with Crippen LogP contribution < -0.4 is 9.47 Å². The van der Waals surface area contributed by atoms with Crippen LogP contribution >= 0.6 is 0 Å². The third kappa shape index (κ3) is 4.38. The fourth-order valence-electron chi connectivity index (χ4n) is 7.53. The predicted octanol–water partition coefficient (Wildman–Crippen LogP) is 4.02. The summed E-state index contributed by atoms with van der Waals surface area (Å²) in [5.41, 5.74) is -0.0676. The topological polar surface area (TPSA) is 92.8 Å². The van der Waals surface area contributed by atoms with Gasteiger partial charge in [-0.2, -0.15) is 0 Å². The number of carbonyl (C=O) groups is 2. The monoisotopic (exact) mass is 541 g/mol. The molecule has 9 heteroatoms. The molecule has 5 aliphatic rings. The molecule has 1 aromatic carbocycles. The van der Waals surface area contributed by atoms with E-state index in [1.165, 1.54) is 5.56 Å². The van der Waals surface area contributed by atoms with Gasteiger partial charge in [-0.25, -0.2) is 4.79 Å². The highest BCUT2D eigenvalue weighted by molar-refractivity contribution is 5.86. The molecule has 2 fully saturated rings. The van der Waals surface area contributed by atoms with E-state index in [-0.39, 0.29) is 31.3 Å². The first-order valence-electron chi connectivity index (χ1n) is 14.2. The summed E-state index contributed by atoms with van der Waals surface area (Å²) in [6.45, 7) is 7.95. The van der Waals surface area contributed by atoms with Crippen molar-refractivity contribution in [3.05, 3.63) is 35.1 Å². The van der Waals surface area contributed by atoms with Crippen LogP contribution in [0.1, 0.15) is 76.3 Å². The molecule has 4 heterocycles. The maximum absolute atomic E-state index is 14.2. The van der Waals surface area contributed by atoms with Crippen LogP contribution in [0.2, 0.25) is 0 Å². The normalized spacial score (nSPS) is 32.4. The first-order chi connectivity index (χ1) is 18.7. The van der Waals surface area contributed by atoms with Gasteiger partial charge in [0.2, 0.25) is 6.79 Å². The van der Waals surface area contributed by atoms with E-state index >= 15 is 0 Å². The Bertz CT molecular complexity index is 1190. The van der Waals surface area contributed by atoms with Gasteiger partial charge in [-0.1, -0.05) is 0 Å². The van der Waals surface area contributed by atoms with Crippen LogP contribution in [0.15, 0.2) is 24.0 Å². The lowest BCUT2D eigenvalue weighted by atomic mass is 9.77. The van der Waals surface area contributed by atoms with Crippen molar-refractivity contribution in [2.75, 3.05) is 33.6 Å². The van der Waals surface area contributed by atoms with E-state index < -0.39 is 29.2 Å². The minimum atomic E-state index is -1.42. The average Bonchev–Trinajstić information content (AvgIpc) is 3.57. The van der Waals surface area contributed by atoms with Crippen molar-refractivity contribution in [3.8, 4) is 11.5 Å². The Kier molecular flexibility index (Phi) is 6.57. The summed E-state index contributed by atoms with van der Waals surface area (Å²) < 4.78 is 35.5. The van der Waals surface area contributed by atoms with E-state index in [4.69, 9.17) is 28.4 Å². The van der Waals surface area contributed by atoms with Crippen molar-refractivity contribution in [2.45, 2.75) is 94.5 Å². The molecule has 0 aromatic heterocycles. The van der Waals surface area contributed by atoms with Crippen molar-refractivity contribution in [3.63, 3.8) is 0 Å². The first-order valence-corrected chi connectivity index (χ1v) is 14.2. The van der Waals surface area contributed by atoms with Gasteiger partial charge in [0.15, 0.2) is 23.2 Å². The van der Waals surface area contributed by atoms with Gasteiger partial charge in [0.25, 0.3) is 0 Å². The average molecular weight is 542 g/mol. The molecule has 4 aliphatic heterocycles. The second-order valence-corrected chi connectivity index (χ2v) is 12.0. The molecular weight excluding hydrogens is 502 g/mol. The molecule has 1 aromatic rings. The van der Waals surface area contributed by atoms with E-state index in [1.807, 2.05) is 13.8 Å². The third-order valence-electron chi connectivity index (χ3n) is 9.14. The Balaban J connectivity index is 1.40. The highest BCUT2D eigenvalue weighted by Gasteiger charge is 2.60. The zero-order valence-corrected chi connectivity index (χ0v) is 23.4. The molecule has 0 N–H and O–H groups in total. The molecule has 1 spiro atoms. The standard InChI is InChI=1S/C30H39NO8/c1-5-35-24(32)17-30(11-6-9-28(2,3)39-30)27(33)38-26-23(34-4)16-29-10-7-12-31(29)13-8-19-14-21-22(37-18-36-21)15-20(19)25(26)29/h14-16,25-26H,5-13,17-18H2,1-4H3/t25-,26?,29-,30-/m1/s1. The SMILES string of the molecule is CCOC(=O)C[C@@]1(C(=O)OC2C(OC)=C[C@@]34CCCN3CCc3cc5c(cc3[C@H]24)OCO5)CCCC(C)(C)O1. The summed E-state index contributed by atoms with van der Waals surface area (Å²) in [5, 5.41) is 0.